The number of hydrogen-bond acceptors (Lipinski definition) is 1. The van der Waals surface area contributed by atoms with Gasteiger partial charge in [-0.2, -0.15) is 0 Å². The Morgan fingerprint density at radius 2 is 1.51 bits per heavy atom. The van der Waals surface area contributed by atoms with Crippen LogP contribution in [0.4, 0.5) is 0 Å². The van der Waals surface area contributed by atoms with Crippen molar-refractivity contribution in [3.05, 3.63) is 123 Å². The third-order valence-electron chi connectivity index (χ3n) is 7.82. The highest BCUT2D eigenvalue weighted by atomic mass is 16.5. The Morgan fingerprint density at radius 3 is 2.17 bits per heavy atom. The molecule has 1 unspecified atom stereocenters. The van der Waals surface area contributed by atoms with Gasteiger partial charge in [0.2, 0.25) is 0 Å². The maximum absolute atomic E-state index is 7.24. The number of rotatable bonds is 7. The number of unbranched alkanes of at least 4 members (excludes halogenated alkanes) is 1. The molecule has 2 aliphatic rings. The third kappa shape index (κ3) is 4.16. The second kappa shape index (κ2) is 10.3. The van der Waals surface area contributed by atoms with Crippen molar-refractivity contribution in [1.29, 1.82) is 0 Å². The summed E-state index contributed by atoms with van der Waals surface area (Å²) in [6.45, 7) is 6.89. The molecule has 5 rings (SSSR count). The van der Waals surface area contributed by atoms with Crippen molar-refractivity contribution in [3.63, 3.8) is 0 Å². The van der Waals surface area contributed by atoms with Crippen molar-refractivity contribution in [2.45, 2.75) is 77.7 Å². The molecule has 3 aromatic rings. The number of fused-ring (bicyclic) bond motifs is 1. The van der Waals surface area contributed by atoms with E-state index in [2.05, 4.69) is 99.7 Å². The van der Waals surface area contributed by atoms with Gasteiger partial charge in [-0.05, 0) is 73.3 Å². The average Bonchev–Trinajstić information content (AvgIpc) is 3.32. The normalized spacial score (nSPS) is 20.4. The van der Waals surface area contributed by atoms with Gasteiger partial charge in [-0.1, -0.05) is 100.0 Å². The second-order valence-electron chi connectivity index (χ2n) is 9.91. The lowest BCUT2D eigenvalue weighted by Gasteiger charge is -2.37. The monoisotopic (exact) mass is 462 g/mol. The topological polar surface area (TPSA) is 9.23 Å². The minimum atomic E-state index is -0.622. The molecule has 0 spiro atoms. The molecule has 1 atom stereocenters. The van der Waals surface area contributed by atoms with Gasteiger partial charge >= 0.3 is 0 Å². The number of benzene rings is 3. The molecule has 0 N–H and O–H groups in total. The van der Waals surface area contributed by atoms with Gasteiger partial charge in [-0.3, -0.25) is 0 Å². The molecule has 0 saturated carbocycles. The van der Waals surface area contributed by atoms with Crippen LogP contribution < -0.4 is 0 Å². The first-order valence-electron chi connectivity index (χ1n) is 13.6. The van der Waals surface area contributed by atoms with Crippen LogP contribution in [0.3, 0.4) is 0 Å². The van der Waals surface area contributed by atoms with E-state index in [1.807, 2.05) is 0 Å². The fourth-order valence-corrected chi connectivity index (χ4v) is 6.14. The predicted molar refractivity (Wildman–Crippen MR) is 148 cm³/mol. The molecule has 0 saturated heterocycles. The smallest absolute Gasteiger partial charge is 0.184 e. The summed E-state index contributed by atoms with van der Waals surface area (Å²) in [6.07, 6.45) is 14.0. The largest absolute Gasteiger partial charge is 0.472 e. The van der Waals surface area contributed by atoms with Gasteiger partial charge in [-0.25, -0.2) is 0 Å². The van der Waals surface area contributed by atoms with Crippen LogP contribution in [0.1, 0.15) is 85.4 Å². The molecule has 0 radical (unpaired) electrons. The number of ether oxygens (including phenoxy) is 1. The fourth-order valence-electron chi connectivity index (χ4n) is 6.14. The molecule has 35 heavy (non-hydrogen) atoms. The van der Waals surface area contributed by atoms with Crippen LogP contribution in [0.15, 0.2) is 84.5 Å². The van der Waals surface area contributed by atoms with Gasteiger partial charge in [0.05, 0.1) is 0 Å². The molecule has 0 amide bonds. The quantitative estimate of drug-likeness (QED) is 0.341. The van der Waals surface area contributed by atoms with E-state index in [0.717, 1.165) is 37.0 Å². The first kappa shape index (κ1) is 23.7. The van der Waals surface area contributed by atoms with Crippen molar-refractivity contribution < 1.29 is 4.74 Å². The zero-order valence-corrected chi connectivity index (χ0v) is 21.6. The van der Waals surface area contributed by atoms with Crippen LogP contribution in [-0.4, -0.2) is 0 Å². The molecule has 180 valence electrons. The van der Waals surface area contributed by atoms with Gasteiger partial charge in [0.15, 0.2) is 5.60 Å². The van der Waals surface area contributed by atoms with E-state index < -0.39 is 5.60 Å². The van der Waals surface area contributed by atoms with E-state index in [4.69, 9.17) is 4.74 Å². The summed E-state index contributed by atoms with van der Waals surface area (Å²) in [4.78, 5) is 0. The Morgan fingerprint density at radius 1 is 0.829 bits per heavy atom. The van der Waals surface area contributed by atoms with Crippen molar-refractivity contribution in [2.75, 3.05) is 0 Å². The first-order chi connectivity index (χ1) is 17.2. The summed E-state index contributed by atoms with van der Waals surface area (Å²) in [5.74, 6) is 0.967. The number of aryl methyl sites for hydroxylation is 1. The summed E-state index contributed by atoms with van der Waals surface area (Å²) >= 11 is 0. The minimum Gasteiger partial charge on any atom is -0.472 e. The Labute approximate surface area is 211 Å². The molecule has 1 aliphatic carbocycles. The van der Waals surface area contributed by atoms with Crippen LogP contribution in [0.2, 0.25) is 0 Å². The van der Waals surface area contributed by atoms with Gasteiger partial charge in [0.1, 0.15) is 5.76 Å². The Kier molecular flexibility index (Phi) is 6.95. The molecular weight excluding hydrogens is 424 g/mol. The SMILES string of the molecule is CCC/C=C1\C=C(c2ccccc2)OC1(c1ccccc1)c1cc(CC)c2c(c1CC)CCCC2. The van der Waals surface area contributed by atoms with Crippen LogP contribution in [0.5, 0.6) is 0 Å². The van der Waals surface area contributed by atoms with Crippen molar-refractivity contribution >= 4 is 5.76 Å². The van der Waals surface area contributed by atoms with Crippen LogP contribution >= 0.6 is 0 Å². The first-order valence-corrected chi connectivity index (χ1v) is 13.6. The Bertz CT molecular complexity index is 1230. The zero-order valence-electron chi connectivity index (χ0n) is 21.6. The summed E-state index contributed by atoms with van der Waals surface area (Å²) in [6, 6.07) is 24.0. The molecule has 0 bridgehead atoms. The lowest BCUT2D eigenvalue weighted by Crippen LogP contribution is -2.32. The van der Waals surface area contributed by atoms with E-state index in [0.29, 0.717) is 0 Å². The fraction of sp³-hybridized carbons (Fsp3) is 0.353. The van der Waals surface area contributed by atoms with Crippen LogP contribution in [0, 0.1) is 0 Å². The van der Waals surface area contributed by atoms with Gasteiger partial charge in [-0.15, -0.1) is 0 Å². The maximum Gasteiger partial charge on any atom is 0.184 e. The van der Waals surface area contributed by atoms with Crippen LogP contribution in [0.25, 0.3) is 5.76 Å². The zero-order chi connectivity index (χ0) is 24.3. The average molecular weight is 463 g/mol. The molecule has 0 aromatic heterocycles. The van der Waals surface area contributed by atoms with Crippen molar-refractivity contribution in [2.24, 2.45) is 0 Å². The van der Waals surface area contributed by atoms with Crippen LogP contribution in [-0.2, 0) is 36.0 Å². The molecule has 1 heteroatoms. The van der Waals surface area contributed by atoms with Gasteiger partial charge in [0, 0.05) is 22.3 Å². The molecule has 3 aromatic carbocycles. The Hall–Kier alpha value is -3.06. The summed E-state index contributed by atoms with van der Waals surface area (Å²) < 4.78 is 7.24. The molecule has 1 heterocycles. The van der Waals surface area contributed by atoms with Gasteiger partial charge < -0.3 is 4.74 Å². The lowest BCUT2D eigenvalue weighted by molar-refractivity contribution is 0.133. The summed E-state index contributed by atoms with van der Waals surface area (Å²) in [5.41, 5.74) is 10.6. The number of allylic oxidation sites excluding steroid dienone is 1. The third-order valence-corrected chi connectivity index (χ3v) is 7.82. The van der Waals surface area contributed by atoms with Crippen molar-refractivity contribution in [3.8, 4) is 0 Å². The molecule has 1 aliphatic heterocycles. The molecule has 0 fully saturated rings. The van der Waals surface area contributed by atoms with E-state index in [9.17, 15) is 0 Å². The summed E-state index contributed by atoms with van der Waals surface area (Å²) in [7, 11) is 0. The second-order valence-corrected chi connectivity index (χ2v) is 9.91. The van der Waals surface area contributed by atoms with Gasteiger partial charge in [0.25, 0.3) is 0 Å². The highest BCUT2D eigenvalue weighted by Gasteiger charge is 2.46. The maximum atomic E-state index is 7.24. The highest BCUT2D eigenvalue weighted by molar-refractivity contribution is 5.72. The predicted octanol–water partition coefficient (Wildman–Crippen LogP) is 8.73. The van der Waals surface area contributed by atoms with E-state index >= 15 is 0 Å². The highest BCUT2D eigenvalue weighted by Crippen LogP contribution is 2.52. The van der Waals surface area contributed by atoms with E-state index in [1.54, 1.807) is 11.1 Å². The lowest BCUT2D eigenvalue weighted by atomic mass is 9.72. The molecular formula is C34H38O. The molecule has 1 nitrogen and oxygen atoms in total. The Balaban J connectivity index is 1.81. The summed E-state index contributed by atoms with van der Waals surface area (Å²) in [5, 5.41) is 0. The standard InChI is InChI=1S/C34H38O/c1-4-7-18-28-24-33(26-16-10-8-11-17-26)35-34(28,27-19-12-9-13-20-27)32-23-25(5-2)30-21-14-15-22-31(30)29(32)6-3/h8-13,16-20,23-24H,4-7,14-15,21-22H2,1-3H3/b28-18+. The minimum absolute atomic E-state index is 0.622. The van der Waals surface area contributed by atoms with E-state index in [-0.39, 0.29) is 0 Å². The van der Waals surface area contributed by atoms with Crippen molar-refractivity contribution in [1.82, 2.24) is 0 Å². The van der Waals surface area contributed by atoms with E-state index in [1.165, 1.54) is 53.5 Å². The number of hydrogen-bond donors (Lipinski definition) is 0.